The van der Waals surface area contributed by atoms with Gasteiger partial charge in [-0.25, -0.2) is 4.39 Å². The van der Waals surface area contributed by atoms with Gasteiger partial charge < -0.3 is 5.32 Å². The summed E-state index contributed by atoms with van der Waals surface area (Å²) in [5.41, 5.74) is 0.888. The van der Waals surface area contributed by atoms with Gasteiger partial charge in [0.1, 0.15) is 5.82 Å². The van der Waals surface area contributed by atoms with Gasteiger partial charge in [-0.2, -0.15) is 0 Å². The maximum atomic E-state index is 13.1. The minimum absolute atomic E-state index is 0.224. The Morgan fingerprint density at radius 2 is 2.07 bits per heavy atom. The lowest BCUT2D eigenvalue weighted by atomic mass is 9.89. The lowest BCUT2D eigenvalue weighted by molar-refractivity contribution is 0.464. The molecule has 1 aromatic rings. The third-order valence-corrected chi connectivity index (χ3v) is 3.17. The zero-order valence-electron chi connectivity index (χ0n) is 9.35. The topological polar surface area (TPSA) is 12.0 Å². The molecule has 0 aliphatic heterocycles. The summed E-state index contributed by atoms with van der Waals surface area (Å²) in [6.07, 6.45) is 0. The Morgan fingerprint density at radius 1 is 1.40 bits per heavy atom. The average molecular weight is 230 g/mol. The first kappa shape index (κ1) is 12.5. The molecule has 1 aromatic carbocycles. The fourth-order valence-electron chi connectivity index (χ4n) is 1.67. The van der Waals surface area contributed by atoms with Gasteiger partial charge in [0, 0.05) is 5.02 Å². The molecule has 15 heavy (non-hydrogen) atoms. The van der Waals surface area contributed by atoms with E-state index in [0.717, 1.165) is 12.1 Å². The van der Waals surface area contributed by atoms with Gasteiger partial charge in [0.15, 0.2) is 0 Å². The van der Waals surface area contributed by atoms with E-state index in [2.05, 4.69) is 19.2 Å². The van der Waals surface area contributed by atoms with E-state index in [-0.39, 0.29) is 11.7 Å². The van der Waals surface area contributed by atoms with E-state index in [4.69, 9.17) is 11.6 Å². The zero-order valence-corrected chi connectivity index (χ0v) is 10.1. The van der Waals surface area contributed by atoms with Crippen LogP contribution in [0.3, 0.4) is 0 Å². The van der Waals surface area contributed by atoms with Gasteiger partial charge in [-0.05, 0) is 49.2 Å². The number of hydrogen-bond donors (Lipinski definition) is 1. The van der Waals surface area contributed by atoms with Crippen LogP contribution in [0, 0.1) is 11.7 Å². The molecule has 0 amide bonds. The normalized spacial score (nSPS) is 15.0. The standard InChI is InChI=1S/C12H17ClFN/c1-8(7-15-3)9(2)11-6-10(14)4-5-12(11)13/h4-6,8-9,15H,7H2,1-3H3. The van der Waals surface area contributed by atoms with Crippen LogP contribution in [0.2, 0.25) is 5.02 Å². The number of nitrogens with one attached hydrogen (secondary N) is 1. The first-order valence-corrected chi connectivity index (χ1v) is 5.53. The predicted molar refractivity (Wildman–Crippen MR) is 62.9 cm³/mol. The fraction of sp³-hybridized carbons (Fsp3) is 0.500. The first-order valence-electron chi connectivity index (χ1n) is 5.15. The Morgan fingerprint density at radius 3 is 2.67 bits per heavy atom. The molecule has 1 rings (SSSR count). The van der Waals surface area contributed by atoms with Crippen molar-refractivity contribution < 1.29 is 4.39 Å². The molecule has 0 heterocycles. The molecule has 1 N–H and O–H groups in total. The van der Waals surface area contributed by atoms with Crippen LogP contribution in [0.25, 0.3) is 0 Å². The highest BCUT2D eigenvalue weighted by Crippen LogP contribution is 2.30. The Balaban J connectivity index is 2.89. The van der Waals surface area contributed by atoms with Crippen LogP contribution in [0.15, 0.2) is 18.2 Å². The van der Waals surface area contributed by atoms with Crippen LogP contribution in [0.1, 0.15) is 25.3 Å². The third kappa shape index (κ3) is 3.18. The van der Waals surface area contributed by atoms with Crippen LogP contribution in [-0.4, -0.2) is 13.6 Å². The Labute approximate surface area is 95.6 Å². The minimum atomic E-state index is -0.224. The van der Waals surface area contributed by atoms with Crippen LogP contribution < -0.4 is 5.32 Å². The Kier molecular flexibility index (Phi) is 4.55. The molecule has 3 heteroatoms. The summed E-state index contributed by atoms with van der Waals surface area (Å²) in [4.78, 5) is 0. The number of rotatable bonds is 4. The van der Waals surface area contributed by atoms with E-state index in [9.17, 15) is 4.39 Å². The van der Waals surface area contributed by atoms with Gasteiger partial charge in [-0.15, -0.1) is 0 Å². The van der Waals surface area contributed by atoms with Crippen molar-refractivity contribution in [1.29, 1.82) is 0 Å². The molecule has 2 atom stereocenters. The van der Waals surface area contributed by atoms with Gasteiger partial charge in [0.05, 0.1) is 0 Å². The fourth-order valence-corrected chi connectivity index (χ4v) is 1.96. The molecule has 0 aliphatic carbocycles. The van der Waals surface area contributed by atoms with E-state index in [1.54, 1.807) is 6.07 Å². The van der Waals surface area contributed by atoms with Crippen molar-refractivity contribution in [3.05, 3.63) is 34.6 Å². The summed E-state index contributed by atoms with van der Waals surface area (Å²) in [6.45, 7) is 5.10. The van der Waals surface area contributed by atoms with Crippen LogP contribution >= 0.6 is 11.6 Å². The summed E-state index contributed by atoms with van der Waals surface area (Å²) in [5.74, 6) is 0.452. The van der Waals surface area contributed by atoms with Crippen molar-refractivity contribution >= 4 is 11.6 Å². The summed E-state index contributed by atoms with van der Waals surface area (Å²) in [6, 6.07) is 4.54. The molecule has 1 nitrogen and oxygen atoms in total. The minimum Gasteiger partial charge on any atom is -0.319 e. The van der Waals surface area contributed by atoms with Crippen LogP contribution in [0.5, 0.6) is 0 Å². The van der Waals surface area contributed by atoms with Crippen molar-refractivity contribution in [3.63, 3.8) is 0 Å². The largest absolute Gasteiger partial charge is 0.319 e. The van der Waals surface area contributed by atoms with Gasteiger partial charge in [-0.3, -0.25) is 0 Å². The quantitative estimate of drug-likeness (QED) is 0.834. The smallest absolute Gasteiger partial charge is 0.123 e. The van der Waals surface area contributed by atoms with Gasteiger partial charge >= 0.3 is 0 Å². The van der Waals surface area contributed by atoms with E-state index in [1.165, 1.54) is 12.1 Å². The van der Waals surface area contributed by atoms with Gasteiger partial charge in [0.2, 0.25) is 0 Å². The lowest BCUT2D eigenvalue weighted by Gasteiger charge is -2.21. The molecule has 0 saturated heterocycles. The molecule has 0 saturated carbocycles. The van der Waals surface area contributed by atoms with Crippen LogP contribution in [0.4, 0.5) is 4.39 Å². The second kappa shape index (κ2) is 5.47. The van der Waals surface area contributed by atoms with E-state index in [1.807, 2.05) is 7.05 Å². The summed E-state index contributed by atoms with van der Waals surface area (Å²) in [5, 5.41) is 3.76. The SMILES string of the molecule is CNCC(C)C(C)c1cc(F)ccc1Cl. The van der Waals surface area contributed by atoms with Crippen molar-refractivity contribution in [3.8, 4) is 0 Å². The highest BCUT2D eigenvalue weighted by molar-refractivity contribution is 6.31. The average Bonchev–Trinajstić information content (AvgIpc) is 2.21. The zero-order chi connectivity index (χ0) is 11.4. The first-order chi connectivity index (χ1) is 7.06. The molecule has 0 fully saturated rings. The maximum Gasteiger partial charge on any atom is 0.123 e. The summed E-state index contributed by atoms with van der Waals surface area (Å²) < 4.78 is 13.1. The molecule has 0 aliphatic rings. The highest BCUT2D eigenvalue weighted by atomic mass is 35.5. The maximum absolute atomic E-state index is 13.1. The summed E-state index contributed by atoms with van der Waals surface area (Å²) in [7, 11) is 1.91. The molecule has 2 unspecified atom stereocenters. The van der Waals surface area contributed by atoms with E-state index < -0.39 is 0 Å². The number of hydrogen-bond acceptors (Lipinski definition) is 1. The second-order valence-corrected chi connectivity index (χ2v) is 4.40. The lowest BCUT2D eigenvalue weighted by Crippen LogP contribution is -2.21. The van der Waals surface area contributed by atoms with Gasteiger partial charge in [-0.1, -0.05) is 25.4 Å². The molecule has 84 valence electrons. The number of benzene rings is 1. The van der Waals surface area contributed by atoms with Gasteiger partial charge in [0.25, 0.3) is 0 Å². The Bertz CT molecular complexity index is 327. The molecule has 0 spiro atoms. The molecule has 0 aromatic heterocycles. The molecular formula is C12H17ClFN. The van der Waals surface area contributed by atoms with Crippen LogP contribution in [-0.2, 0) is 0 Å². The molecule has 0 bridgehead atoms. The highest BCUT2D eigenvalue weighted by Gasteiger charge is 2.16. The Hall–Kier alpha value is -0.600. The third-order valence-electron chi connectivity index (χ3n) is 2.83. The van der Waals surface area contributed by atoms with Crippen molar-refractivity contribution in [2.75, 3.05) is 13.6 Å². The monoisotopic (exact) mass is 229 g/mol. The van der Waals surface area contributed by atoms with Crippen molar-refractivity contribution in [1.82, 2.24) is 5.32 Å². The van der Waals surface area contributed by atoms with Crippen molar-refractivity contribution in [2.45, 2.75) is 19.8 Å². The number of halogens is 2. The molecule has 0 radical (unpaired) electrons. The summed E-state index contributed by atoms with van der Waals surface area (Å²) >= 11 is 6.05. The second-order valence-electron chi connectivity index (χ2n) is 3.99. The van der Waals surface area contributed by atoms with E-state index in [0.29, 0.717) is 10.9 Å². The predicted octanol–water partition coefficient (Wildman–Crippen LogP) is 3.44. The van der Waals surface area contributed by atoms with Crippen molar-refractivity contribution in [2.24, 2.45) is 5.92 Å². The molecular weight excluding hydrogens is 213 g/mol. The van der Waals surface area contributed by atoms with E-state index >= 15 is 0 Å².